The monoisotopic (exact) mass is 474 g/mol. The number of carbonyl (C=O) groups excluding carboxylic acids is 2. The molecule has 0 saturated carbocycles. The third-order valence-electron chi connectivity index (χ3n) is 4.24. The van der Waals surface area contributed by atoms with Gasteiger partial charge >= 0.3 is 5.97 Å². The summed E-state index contributed by atoms with van der Waals surface area (Å²) in [7, 11) is 0. The molecule has 2 aliphatic heterocycles. The smallest absolute Gasteiger partial charge is 0.338 e. The predicted molar refractivity (Wildman–Crippen MR) is 113 cm³/mol. The average Bonchev–Trinajstić information content (AvgIpc) is 3.26. The van der Waals surface area contributed by atoms with Gasteiger partial charge in [-0.25, -0.2) is 4.79 Å². The summed E-state index contributed by atoms with van der Waals surface area (Å²) >= 11 is 4.54. The molecule has 29 heavy (non-hydrogen) atoms. The molecule has 0 spiro atoms. The molecule has 1 N–H and O–H groups in total. The number of hydrogen-bond acceptors (Lipinski definition) is 7. The highest BCUT2D eigenvalue weighted by Gasteiger charge is 2.34. The number of hydrogen-bond donors (Lipinski definition) is 1. The van der Waals surface area contributed by atoms with Crippen molar-refractivity contribution in [2.45, 2.75) is 6.92 Å². The number of carbonyl (C=O) groups is 2. The van der Waals surface area contributed by atoms with Crippen LogP contribution in [0.25, 0.3) is 6.08 Å². The number of rotatable bonds is 4. The van der Waals surface area contributed by atoms with Crippen molar-refractivity contribution >= 4 is 56.5 Å². The fraction of sp³-hybridized carbons (Fsp3) is 0.150. The van der Waals surface area contributed by atoms with Gasteiger partial charge in [-0.3, -0.25) is 15.1 Å². The van der Waals surface area contributed by atoms with Gasteiger partial charge in [0.2, 0.25) is 6.79 Å². The summed E-state index contributed by atoms with van der Waals surface area (Å²) in [5.74, 6) is 0.510. The van der Waals surface area contributed by atoms with Crippen LogP contribution in [0.2, 0.25) is 0 Å². The van der Waals surface area contributed by atoms with Crippen LogP contribution in [0.1, 0.15) is 22.8 Å². The van der Waals surface area contributed by atoms with Gasteiger partial charge in [-0.2, -0.15) is 0 Å². The van der Waals surface area contributed by atoms with E-state index < -0.39 is 5.97 Å². The van der Waals surface area contributed by atoms with Crippen LogP contribution in [0.5, 0.6) is 11.5 Å². The van der Waals surface area contributed by atoms with E-state index in [4.69, 9.17) is 19.6 Å². The lowest BCUT2D eigenvalue weighted by Gasteiger charge is -2.14. The van der Waals surface area contributed by atoms with Crippen molar-refractivity contribution in [1.82, 2.24) is 0 Å². The SMILES string of the molecule is CCOC(=O)c1ccc(N2C(=N)S/C(=C\c3cc4c(cc3Br)OCO4)C2=O)cc1. The van der Waals surface area contributed by atoms with Gasteiger partial charge in [-0.15, -0.1) is 0 Å². The first kappa shape index (κ1) is 19.5. The summed E-state index contributed by atoms with van der Waals surface area (Å²) in [6.45, 7) is 2.19. The molecule has 0 atom stereocenters. The Morgan fingerprint density at radius 3 is 2.66 bits per heavy atom. The number of anilines is 1. The molecule has 148 valence electrons. The number of nitrogens with zero attached hydrogens (tertiary/aromatic N) is 1. The number of halogens is 1. The van der Waals surface area contributed by atoms with Gasteiger partial charge in [0.1, 0.15) is 0 Å². The molecule has 7 nitrogen and oxygen atoms in total. The Morgan fingerprint density at radius 2 is 1.97 bits per heavy atom. The van der Waals surface area contributed by atoms with Gasteiger partial charge in [0.25, 0.3) is 5.91 Å². The van der Waals surface area contributed by atoms with Gasteiger partial charge < -0.3 is 14.2 Å². The Balaban J connectivity index is 1.59. The standard InChI is InChI=1S/C20H15BrN2O5S/c1-2-26-19(25)11-3-5-13(6-4-11)23-18(24)17(29-20(23)22)8-12-7-15-16(9-14(12)21)28-10-27-15/h3-9,22H,2,10H2,1H3/b17-8-,22-20?. The third kappa shape index (κ3) is 3.75. The van der Waals surface area contributed by atoms with Crippen LogP contribution in [0.3, 0.4) is 0 Å². The van der Waals surface area contributed by atoms with E-state index in [2.05, 4.69) is 15.9 Å². The number of esters is 1. The normalized spacial score (nSPS) is 16.6. The summed E-state index contributed by atoms with van der Waals surface area (Å²) in [6, 6.07) is 9.98. The Labute approximate surface area is 179 Å². The highest BCUT2D eigenvalue weighted by molar-refractivity contribution is 9.10. The summed E-state index contributed by atoms with van der Waals surface area (Å²) < 4.78 is 16.4. The first-order chi connectivity index (χ1) is 14.0. The van der Waals surface area contributed by atoms with Crippen molar-refractivity contribution in [3.63, 3.8) is 0 Å². The maximum absolute atomic E-state index is 12.9. The molecule has 2 aromatic rings. The van der Waals surface area contributed by atoms with Crippen LogP contribution in [-0.2, 0) is 9.53 Å². The lowest BCUT2D eigenvalue weighted by atomic mass is 10.1. The van der Waals surface area contributed by atoms with Gasteiger partial charge in [0.05, 0.1) is 22.8 Å². The Hall–Kier alpha value is -2.78. The van der Waals surface area contributed by atoms with Crippen molar-refractivity contribution in [3.05, 3.63) is 56.9 Å². The summed E-state index contributed by atoms with van der Waals surface area (Å²) in [5, 5.41) is 8.31. The molecule has 0 bridgehead atoms. The maximum Gasteiger partial charge on any atom is 0.338 e. The molecule has 1 saturated heterocycles. The van der Waals surface area contributed by atoms with Gasteiger partial charge in [0.15, 0.2) is 16.7 Å². The number of amidine groups is 1. The summed E-state index contributed by atoms with van der Waals surface area (Å²) in [4.78, 5) is 26.4. The molecule has 2 aliphatic rings. The van der Waals surface area contributed by atoms with Crippen molar-refractivity contribution in [2.75, 3.05) is 18.3 Å². The first-order valence-corrected chi connectivity index (χ1v) is 10.3. The molecule has 1 amide bonds. The van der Waals surface area contributed by atoms with Crippen LogP contribution in [0.15, 0.2) is 45.8 Å². The van der Waals surface area contributed by atoms with Crippen molar-refractivity contribution in [3.8, 4) is 11.5 Å². The van der Waals surface area contributed by atoms with Crippen molar-refractivity contribution in [1.29, 1.82) is 5.41 Å². The molecule has 0 aliphatic carbocycles. The molecule has 0 unspecified atom stereocenters. The quantitative estimate of drug-likeness (QED) is 0.521. The molecule has 4 rings (SSSR count). The Bertz CT molecular complexity index is 1050. The van der Waals surface area contributed by atoms with Gasteiger partial charge in [0, 0.05) is 4.47 Å². The van der Waals surface area contributed by atoms with Crippen LogP contribution >= 0.6 is 27.7 Å². The maximum atomic E-state index is 12.9. The number of fused-ring (bicyclic) bond motifs is 1. The highest BCUT2D eigenvalue weighted by Crippen LogP contribution is 2.40. The van der Waals surface area contributed by atoms with Gasteiger partial charge in [-0.05, 0) is 66.7 Å². The molecular formula is C20H15BrN2O5S. The van der Waals surface area contributed by atoms with E-state index in [1.165, 1.54) is 4.90 Å². The van der Waals surface area contributed by atoms with E-state index in [-0.39, 0.29) is 24.5 Å². The van der Waals surface area contributed by atoms with Crippen LogP contribution in [-0.4, -0.2) is 30.4 Å². The number of nitrogens with one attached hydrogen (secondary N) is 1. The molecule has 0 radical (unpaired) electrons. The molecule has 9 heteroatoms. The average molecular weight is 475 g/mol. The lowest BCUT2D eigenvalue weighted by molar-refractivity contribution is -0.113. The third-order valence-corrected chi connectivity index (χ3v) is 5.81. The predicted octanol–water partition coefficient (Wildman–Crippen LogP) is 4.41. The van der Waals surface area contributed by atoms with E-state index in [9.17, 15) is 9.59 Å². The summed E-state index contributed by atoms with van der Waals surface area (Å²) in [5.41, 5.74) is 1.65. The number of benzene rings is 2. The molecule has 2 heterocycles. The minimum Gasteiger partial charge on any atom is -0.462 e. The van der Waals surface area contributed by atoms with Crippen molar-refractivity contribution < 1.29 is 23.8 Å². The number of amides is 1. The van der Waals surface area contributed by atoms with Crippen molar-refractivity contribution in [2.24, 2.45) is 0 Å². The largest absolute Gasteiger partial charge is 0.462 e. The van der Waals surface area contributed by atoms with Gasteiger partial charge in [-0.1, -0.05) is 15.9 Å². The summed E-state index contributed by atoms with van der Waals surface area (Å²) in [6.07, 6.45) is 1.71. The topological polar surface area (TPSA) is 88.9 Å². The van der Waals surface area contributed by atoms with E-state index in [1.807, 2.05) is 0 Å². The fourth-order valence-corrected chi connectivity index (χ4v) is 4.16. The number of thioether (sulfide) groups is 1. The highest BCUT2D eigenvalue weighted by atomic mass is 79.9. The lowest BCUT2D eigenvalue weighted by Crippen LogP contribution is -2.28. The van der Waals surface area contributed by atoms with E-state index >= 15 is 0 Å². The first-order valence-electron chi connectivity index (χ1n) is 8.67. The molecular weight excluding hydrogens is 460 g/mol. The zero-order valence-electron chi connectivity index (χ0n) is 15.2. The second-order valence-corrected chi connectivity index (χ2v) is 7.94. The second-order valence-electron chi connectivity index (χ2n) is 6.05. The fourth-order valence-electron chi connectivity index (χ4n) is 2.87. The zero-order chi connectivity index (χ0) is 20.5. The van der Waals surface area contributed by atoms with E-state index in [0.717, 1.165) is 21.8 Å². The minimum atomic E-state index is -0.426. The van der Waals surface area contributed by atoms with Crippen LogP contribution in [0.4, 0.5) is 5.69 Å². The van der Waals surface area contributed by atoms with Crippen LogP contribution < -0.4 is 14.4 Å². The Kier molecular flexibility index (Phi) is 5.33. The van der Waals surface area contributed by atoms with E-state index in [0.29, 0.717) is 27.7 Å². The molecule has 2 aromatic carbocycles. The van der Waals surface area contributed by atoms with Crippen LogP contribution in [0, 0.1) is 5.41 Å². The zero-order valence-corrected chi connectivity index (χ0v) is 17.6. The Morgan fingerprint density at radius 1 is 1.28 bits per heavy atom. The second kappa shape index (κ2) is 7.92. The number of ether oxygens (including phenoxy) is 3. The van der Waals surface area contributed by atoms with E-state index in [1.54, 1.807) is 49.4 Å². The molecule has 0 aromatic heterocycles. The minimum absolute atomic E-state index is 0.0852. The molecule has 1 fully saturated rings.